The van der Waals surface area contributed by atoms with E-state index in [1.165, 1.54) is 12.1 Å². The molecule has 1 fully saturated rings. The number of benzene rings is 2. The molecule has 1 atom stereocenters. The lowest BCUT2D eigenvalue weighted by atomic mass is 9.94. The first-order chi connectivity index (χ1) is 15.4. The average Bonchev–Trinajstić information content (AvgIpc) is 3.60. The maximum atomic E-state index is 13.4. The molecule has 6 nitrogen and oxygen atoms in total. The Labute approximate surface area is 190 Å². The first-order valence-corrected chi connectivity index (χ1v) is 10.6. The van der Waals surface area contributed by atoms with Crippen LogP contribution in [0.5, 0.6) is 0 Å². The minimum Gasteiger partial charge on any atom is -0.353 e. The SMILES string of the molecule is NC(CNC(=O)C1(c2ccc(F)cc2Cl)CC1)c1ccc(C(=O)Nc2ccncc2)cc1. The minimum atomic E-state index is -0.723. The second-order valence-corrected chi connectivity index (χ2v) is 8.24. The van der Waals surface area contributed by atoms with E-state index in [0.29, 0.717) is 29.7 Å². The summed E-state index contributed by atoms with van der Waals surface area (Å²) in [7, 11) is 0. The lowest BCUT2D eigenvalue weighted by Gasteiger charge is -2.19. The molecule has 4 rings (SSSR count). The molecule has 1 heterocycles. The van der Waals surface area contributed by atoms with E-state index in [-0.39, 0.29) is 23.4 Å². The topological polar surface area (TPSA) is 97.1 Å². The molecule has 4 N–H and O–H groups in total. The molecular formula is C24H22ClFN4O2. The Balaban J connectivity index is 1.35. The number of pyridine rings is 1. The molecule has 0 aliphatic heterocycles. The highest BCUT2D eigenvalue weighted by Crippen LogP contribution is 2.50. The number of halogens is 2. The maximum absolute atomic E-state index is 13.4. The summed E-state index contributed by atoms with van der Waals surface area (Å²) >= 11 is 6.17. The Bertz CT molecular complexity index is 1130. The van der Waals surface area contributed by atoms with Crippen LogP contribution in [-0.2, 0) is 10.2 Å². The van der Waals surface area contributed by atoms with Gasteiger partial charge in [-0.3, -0.25) is 14.6 Å². The third-order valence-electron chi connectivity index (χ3n) is 5.65. The van der Waals surface area contributed by atoms with Crippen LogP contribution in [0.2, 0.25) is 5.02 Å². The largest absolute Gasteiger partial charge is 0.353 e. The van der Waals surface area contributed by atoms with Gasteiger partial charge in [0, 0.05) is 41.3 Å². The lowest BCUT2D eigenvalue weighted by molar-refractivity contribution is -0.123. The van der Waals surface area contributed by atoms with Crippen molar-refractivity contribution < 1.29 is 14.0 Å². The summed E-state index contributed by atoms with van der Waals surface area (Å²) in [6, 6.07) is 14.0. The van der Waals surface area contributed by atoms with Gasteiger partial charge in [-0.25, -0.2) is 4.39 Å². The highest BCUT2D eigenvalue weighted by Gasteiger charge is 2.52. The molecule has 2 aromatic carbocycles. The Hall–Kier alpha value is -3.29. The van der Waals surface area contributed by atoms with Crippen molar-refractivity contribution in [3.05, 3.63) is 94.5 Å². The van der Waals surface area contributed by atoms with Gasteiger partial charge in [0.05, 0.1) is 5.41 Å². The number of carbonyl (C=O) groups excluding carboxylic acids is 2. The van der Waals surface area contributed by atoms with Crippen molar-refractivity contribution in [2.75, 3.05) is 11.9 Å². The van der Waals surface area contributed by atoms with Gasteiger partial charge in [-0.15, -0.1) is 0 Å². The number of nitrogens with two attached hydrogens (primary N) is 1. The standard InChI is InChI=1S/C24H22ClFN4O2/c25-20-13-17(26)5-6-19(20)24(9-10-24)23(32)29-14-21(27)15-1-3-16(4-2-15)22(31)30-18-7-11-28-12-8-18/h1-8,11-13,21H,9-10,14,27H2,(H,29,32)(H,28,30,31). The third kappa shape index (κ3) is 4.64. The summed E-state index contributed by atoms with van der Waals surface area (Å²) in [5.41, 5.74) is 8.09. The average molecular weight is 453 g/mol. The molecule has 1 aliphatic carbocycles. The summed E-state index contributed by atoms with van der Waals surface area (Å²) in [4.78, 5) is 29.1. The van der Waals surface area contributed by atoms with E-state index in [9.17, 15) is 14.0 Å². The highest BCUT2D eigenvalue weighted by atomic mass is 35.5. The van der Waals surface area contributed by atoms with Crippen molar-refractivity contribution in [1.29, 1.82) is 0 Å². The number of rotatable bonds is 7. The van der Waals surface area contributed by atoms with Crippen LogP contribution in [0.3, 0.4) is 0 Å². The molecule has 8 heteroatoms. The second-order valence-electron chi connectivity index (χ2n) is 7.83. The fourth-order valence-corrected chi connectivity index (χ4v) is 3.98. The van der Waals surface area contributed by atoms with Gasteiger partial charge in [0.2, 0.25) is 5.91 Å². The Morgan fingerprint density at radius 2 is 1.78 bits per heavy atom. The number of aromatic nitrogens is 1. The molecule has 164 valence electrons. The van der Waals surface area contributed by atoms with Gasteiger partial charge in [0.25, 0.3) is 5.91 Å². The molecule has 0 spiro atoms. The molecule has 2 amide bonds. The fraction of sp³-hybridized carbons (Fsp3) is 0.208. The fourth-order valence-electron chi connectivity index (χ4n) is 3.63. The number of hydrogen-bond donors (Lipinski definition) is 3. The maximum Gasteiger partial charge on any atom is 0.255 e. The van der Waals surface area contributed by atoms with E-state index in [1.54, 1.807) is 54.9 Å². The van der Waals surface area contributed by atoms with E-state index in [0.717, 1.165) is 5.56 Å². The number of anilines is 1. The zero-order chi connectivity index (χ0) is 22.7. The van der Waals surface area contributed by atoms with Gasteiger partial charge in [0.1, 0.15) is 5.82 Å². The van der Waals surface area contributed by atoms with Gasteiger partial charge in [-0.05, 0) is 60.4 Å². The van der Waals surface area contributed by atoms with Crippen molar-refractivity contribution in [1.82, 2.24) is 10.3 Å². The highest BCUT2D eigenvalue weighted by molar-refractivity contribution is 6.32. The first kappa shape index (κ1) is 21.9. The molecule has 1 aliphatic rings. The van der Waals surface area contributed by atoms with Gasteiger partial charge in [-0.1, -0.05) is 29.8 Å². The van der Waals surface area contributed by atoms with Gasteiger partial charge >= 0.3 is 0 Å². The van der Waals surface area contributed by atoms with Crippen LogP contribution in [0.25, 0.3) is 0 Å². The van der Waals surface area contributed by atoms with Crippen LogP contribution in [0.1, 0.15) is 40.4 Å². The van der Waals surface area contributed by atoms with Crippen molar-refractivity contribution in [3.8, 4) is 0 Å². The van der Waals surface area contributed by atoms with Crippen LogP contribution in [0.15, 0.2) is 67.0 Å². The van der Waals surface area contributed by atoms with Gasteiger partial charge in [0.15, 0.2) is 0 Å². The normalized spacial score (nSPS) is 15.0. The van der Waals surface area contributed by atoms with E-state index in [1.807, 2.05) is 0 Å². The molecule has 0 saturated heterocycles. The summed E-state index contributed by atoms with van der Waals surface area (Å²) in [6.45, 7) is 0.224. The predicted molar refractivity (Wildman–Crippen MR) is 121 cm³/mol. The molecule has 3 aromatic rings. The smallest absolute Gasteiger partial charge is 0.255 e. The van der Waals surface area contributed by atoms with Crippen molar-refractivity contribution in [2.24, 2.45) is 5.73 Å². The Morgan fingerprint density at radius 3 is 2.41 bits per heavy atom. The Kier molecular flexibility index (Phi) is 6.21. The van der Waals surface area contributed by atoms with Crippen LogP contribution < -0.4 is 16.4 Å². The molecule has 1 saturated carbocycles. The molecule has 0 radical (unpaired) electrons. The van der Waals surface area contributed by atoms with Crippen LogP contribution >= 0.6 is 11.6 Å². The summed E-state index contributed by atoms with van der Waals surface area (Å²) in [5.74, 6) is -0.846. The summed E-state index contributed by atoms with van der Waals surface area (Å²) in [6.07, 6.45) is 4.51. The zero-order valence-electron chi connectivity index (χ0n) is 17.1. The lowest BCUT2D eigenvalue weighted by Crippen LogP contribution is -2.39. The van der Waals surface area contributed by atoms with Crippen LogP contribution in [-0.4, -0.2) is 23.3 Å². The number of nitrogens with one attached hydrogen (secondary N) is 2. The second kappa shape index (κ2) is 9.06. The molecular weight excluding hydrogens is 431 g/mol. The number of amides is 2. The molecule has 1 unspecified atom stereocenters. The molecule has 32 heavy (non-hydrogen) atoms. The molecule has 1 aromatic heterocycles. The number of hydrogen-bond acceptors (Lipinski definition) is 4. The zero-order valence-corrected chi connectivity index (χ0v) is 17.9. The van der Waals surface area contributed by atoms with E-state index >= 15 is 0 Å². The first-order valence-electron chi connectivity index (χ1n) is 10.2. The quantitative estimate of drug-likeness (QED) is 0.505. The number of nitrogens with zero attached hydrogens (tertiary/aromatic N) is 1. The van der Waals surface area contributed by atoms with Crippen LogP contribution in [0, 0.1) is 5.82 Å². The number of carbonyl (C=O) groups is 2. The van der Waals surface area contributed by atoms with Gasteiger partial charge < -0.3 is 16.4 Å². The summed E-state index contributed by atoms with van der Waals surface area (Å²) in [5, 5.41) is 5.94. The predicted octanol–water partition coefficient (Wildman–Crippen LogP) is 3.97. The van der Waals surface area contributed by atoms with Crippen molar-refractivity contribution in [3.63, 3.8) is 0 Å². The van der Waals surface area contributed by atoms with E-state index in [2.05, 4.69) is 15.6 Å². The van der Waals surface area contributed by atoms with Crippen LogP contribution in [0.4, 0.5) is 10.1 Å². The Morgan fingerprint density at radius 1 is 1.09 bits per heavy atom. The van der Waals surface area contributed by atoms with E-state index < -0.39 is 17.3 Å². The van der Waals surface area contributed by atoms with E-state index in [4.69, 9.17) is 17.3 Å². The minimum absolute atomic E-state index is 0.171. The monoisotopic (exact) mass is 452 g/mol. The van der Waals surface area contributed by atoms with Crippen molar-refractivity contribution in [2.45, 2.75) is 24.3 Å². The third-order valence-corrected chi connectivity index (χ3v) is 5.97. The van der Waals surface area contributed by atoms with Crippen molar-refractivity contribution >= 4 is 29.1 Å². The summed E-state index contributed by atoms with van der Waals surface area (Å²) < 4.78 is 13.4. The molecule has 0 bridgehead atoms. The van der Waals surface area contributed by atoms with Gasteiger partial charge in [-0.2, -0.15) is 0 Å².